The number of aromatic nitrogens is 4. The van der Waals surface area contributed by atoms with Gasteiger partial charge in [-0.2, -0.15) is 4.80 Å². The highest BCUT2D eigenvalue weighted by Crippen LogP contribution is 1.95. The first-order valence-corrected chi connectivity index (χ1v) is 4.06. The van der Waals surface area contributed by atoms with Gasteiger partial charge in [-0.05, 0) is 11.6 Å². The number of amides is 2. The first-order chi connectivity index (χ1) is 6.22. The number of urea groups is 1. The fourth-order valence-electron chi connectivity index (χ4n) is 0.798. The molecule has 0 unspecified atom stereocenters. The van der Waals surface area contributed by atoms with Crippen molar-refractivity contribution in [2.75, 3.05) is 5.32 Å². The Morgan fingerprint density at radius 3 is 3.08 bits per heavy atom. The van der Waals surface area contributed by atoms with Crippen LogP contribution in [0.1, 0.15) is 19.8 Å². The minimum Gasteiger partial charge on any atom is -0.351 e. The second kappa shape index (κ2) is 4.39. The maximum atomic E-state index is 10.4. The molecule has 0 aliphatic rings. The summed E-state index contributed by atoms with van der Waals surface area (Å²) in [6, 6.07) is -0.685. The van der Waals surface area contributed by atoms with Crippen molar-refractivity contribution in [2.45, 2.75) is 26.3 Å². The summed E-state index contributed by atoms with van der Waals surface area (Å²) in [6.45, 7) is 2.77. The molecule has 0 aliphatic carbocycles. The molecule has 7 nitrogen and oxygen atoms in total. The van der Waals surface area contributed by atoms with Gasteiger partial charge in [0, 0.05) is 0 Å². The van der Waals surface area contributed by atoms with E-state index in [1.54, 1.807) is 0 Å². The Labute approximate surface area is 75.3 Å². The van der Waals surface area contributed by atoms with Crippen LogP contribution in [0.2, 0.25) is 0 Å². The van der Waals surface area contributed by atoms with Crippen molar-refractivity contribution in [1.29, 1.82) is 0 Å². The average Bonchev–Trinajstić information content (AvgIpc) is 2.48. The monoisotopic (exact) mass is 184 g/mol. The predicted molar refractivity (Wildman–Crippen MR) is 45.9 cm³/mol. The molecule has 13 heavy (non-hydrogen) atoms. The number of hydrogen-bond acceptors (Lipinski definition) is 4. The molecule has 1 aromatic rings. The van der Waals surface area contributed by atoms with Crippen LogP contribution >= 0.6 is 0 Å². The molecule has 0 saturated heterocycles. The van der Waals surface area contributed by atoms with E-state index in [0.29, 0.717) is 6.54 Å². The average molecular weight is 184 g/mol. The zero-order valence-corrected chi connectivity index (χ0v) is 7.40. The number of hydrogen-bond donors (Lipinski definition) is 2. The molecule has 0 atom stereocenters. The van der Waals surface area contributed by atoms with Crippen LogP contribution in [0.15, 0.2) is 0 Å². The molecule has 3 N–H and O–H groups in total. The van der Waals surface area contributed by atoms with E-state index in [1.807, 2.05) is 0 Å². The van der Waals surface area contributed by atoms with E-state index in [-0.39, 0.29) is 5.95 Å². The number of tetrazole rings is 1. The highest BCUT2D eigenvalue weighted by Gasteiger charge is 2.02. The van der Waals surface area contributed by atoms with Crippen LogP contribution in [0.4, 0.5) is 10.7 Å². The number of nitrogens with two attached hydrogens (primary N) is 1. The first kappa shape index (κ1) is 9.43. The lowest BCUT2D eigenvalue weighted by Crippen LogP contribution is -2.20. The predicted octanol–water partition coefficient (Wildman–Crippen LogP) is -0.0362. The van der Waals surface area contributed by atoms with Crippen LogP contribution in [-0.4, -0.2) is 26.2 Å². The van der Waals surface area contributed by atoms with Crippen molar-refractivity contribution in [3.05, 3.63) is 0 Å². The Balaban J connectivity index is 2.48. The van der Waals surface area contributed by atoms with Crippen molar-refractivity contribution in [2.24, 2.45) is 5.73 Å². The van der Waals surface area contributed by atoms with Gasteiger partial charge in [0.05, 0.1) is 6.54 Å². The summed E-state index contributed by atoms with van der Waals surface area (Å²) in [4.78, 5) is 11.8. The first-order valence-electron chi connectivity index (χ1n) is 4.06. The fraction of sp³-hybridized carbons (Fsp3) is 0.667. The van der Waals surface area contributed by atoms with Gasteiger partial charge in [-0.25, -0.2) is 4.79 Å². The number of nitrogens with one attached hydrogen (secondary N) is 1. The van der Waals surface area contributed by atoms with E-state index >= 15 is 0 Å². The second-order valence-corrected chi connectivity index (χ2v) is 2.55. The molecule has 0 aromatic carbocycles. The Hall–Kier alpha value is -1.66. The number of anilines is 1. The number of carbonyl (C=O) groups excluding carboxylic acids is 1. The zero-order valence-electron chi connectivity index (χ0n) is 7.40. The minimum atomic E-state index is -0.685. The molecule has 0 saturated carbocycles. The van der Waals surface area contributed by atoms with Crippen LogP contribution < -0.4 is 11.1 Å². The smallest absolute Gasteiger partial charge is 0.319 e. The second-order valence-electron chi connectivity index (χ2n) is 2.55. The molecule has 0 bridgehead atoms. The van der Waals surface area contributed by atoms with Gasteiger partial charge in [-0.1, -0.05) is 18.4 Å². The normalized spacial score (nSPS) is 9.92. The largest absolute Gasteiger partial charge is 0.351 e. The van der Waals surface area contributed by atoms with E-state index in [1.165, 1.54) is 4.80 Å². The van der Waals surface area contributed by atoms with Gasteiger partial charge in [-0.15, -0.1) is 5.10 Å². The number of nitrogens with zero attached hydrogens (tertiary/aromatic N) is 4. The number of unbranched alkanes of at least 4 members (excludes halogenated alkanes) is 1. The fourth-order valence-corrected chi connectivity index (χ4v) is 0.798. The molecule has 7 heteroatoms. The molecule has 2 amide bonds. The molecular weight excluding hydrogens is 172 g/mol. The molecule has 0 aliphatic heterocycles. The standard InChI is InChI=1S/C6H12N6O/c1-2-3-4-12-10-6(9-11-12)8-5(7)13/h2-4H2,1H3,(H3,7,8,10,13). The SMILES string of the molecule is CCCCn1nnc(NC(N)=O)n1. The molecular formula is C6H12N6O. The lowest BCUT2D eigenvalue weighted by molar-refractivity contribution is 0.259. The Morgan fingerprint density at radius 1 is 1.69 bits per heavy atom. The third kappa shape index (κ3) is 3.06. The quantitative estimate of drug-likeness (QED) is 0.686. The zero-order chi connectivity index (χ0) is 9.68. The summed E-state index contributed by atoms with van der Waals surface area (Å²) in [6.07, 6.45) is 2.03. The van der Waals surface area contributed by atoms with E-state index in [2.05, 4.69) is 27.7 Å². The summed E-state index contributed by atoms with van der Waals surface area (Å²) >= 11 is 0. The number of aryl methyl sites for hydroxylation is 1. The van der Waals surface area contributed by atoms with Crippen LogP contribution in [0.3, 0.4) is 0 Å². The van der Waals surface area contributed by atoms with Crippen LogP contribution in [0.5, 0.6) is 0 Å². The summed E-state index contributed by atoms with van der Waals surface area (Å²) in [7, 11) is 0. The van der Waals surface area contributed by atoms with Crippen LogP contribution in [0.25, 0.3) is 0 Å². The van der Waals surface area contributed by atoms with Crippen molar-refractivity contribution in [3.63, 3.8) is 0 Å². The highest BCUT2D eigenvalue weighted by atomic mass is 16.2. The van der Waals surface area contributed by atoms with Crippen molar-refractivity contribution >= 4 is 12.0 Å². The third-order valence-electron chi connectivity index (χ3n) is 1.40. The van der Waals surface area contributed by atoms with E-state index in [9.17, 15) is 4.79 Å². The molecule has 1 aromatic heterocycles. The number of rotatable bonds is 4. The van der Waals surface area contributed by atoms with Crippen molar-refractivity contribution < 1.29 is 4.79 Å². The third-order valence-corrected chi connectivity index (χ3v) is 1.40. The molecule has 0 fully saturated rings. The topological polar surface area (TPSA) is 98.7 Å². The van der Waals surface area contributed by atoms with E-state index < -0.39 is 6.03 Å². The minimum absolute atomic E-state index is 0.142. The lowest BCUT2D eigenvalue weighted by atomic mass is 10.3. The van der Waals surface area contributed by atoms with Gasteiger partial charge in [0.2, 0.25) is 0 Å². The van der Waals surface area contributed by atoms with Gasteiger partial charge in [0.1, 0.15) is 0 Å². The maximum Gasteiger partial charge on any atom is 0.319 e. The number of carbonyl (C=O) groups is 1. The summed E-state index contributed by atoms with van der Waals surface area (Å²) in [5.74, 6) is 0.142. The van der Waals surface area contributed by atoms with Crippen LogP contribution in [0, 0.1) is 0 Å². The van der Waals surface area contributed by atoms with Crippen LogP contribution in [-0.2, 0) is 6.54 Å². The summed E-state index contributed by atoms with van der Waals surface area (Å²) in [5, 5.41) is 13.4. The molecule has 1 rings (SSSR count). The maximum absolute atomic E-state index is 10.4. The molecule has 0 radical (unpaired) electrons. The van der Waals surface area contributed by atoms with Gasteiger partial charge >= 0.3 is 6.03 Å². The number of primary amides is 1. The van der Waals surface area contributed by atoms with Crippen molar-refractivity contribution in [1.82, 2.24) is 20.2 Å². The van der Waals surface area contributed by atoms with Crippen molar-refractivity contribution in [3.8, 4) is 0 Å². The lowest BCUT2D eigenvalue weighted by Gasteiger charge is -1.94. The van der Waals surface area contributed by atoms with E-state index in [4.69, 9.17) is 5.73 Å². The Morgan fingerprint density at radius 2 is 2.46 bits per heavy atom. The summed E-state index contributed by atoms with van der Waals surface area (Å²) < 4.78 is 0. The Bertz CT molecular complexity index is 282. The highest BCUT2D eigenvalue weighted by molar-refractivity contribution is 5.85. The van der Waals surface area contributed by atoms with Gasteiger partial charge in [0.15, 0.2) is 0 Å². The molecule has 0 spiro atoms. The van der Waals surface area contributed by atoms with E-state index in [0.717, 1.165) is 12.8 Å². The molecule has 1 heterocycles. The van der Waals surface area contributed by atoms with Gasteiger partial charge in [0.25, 0.3) is 5.95 Å². The summed E-state index contributed by atoms with van der Waals surface area (Å²) in [5.41, 5.74) is 4.87. The van der Waals surface area contributed by atoms with Gasteiger partial charge < -0.3 is 5.73 Å². The van der Waals surface area contributed by atoms with Gasteiger partial charge in [-0.3, -0.25) is 5.32 Å². The molecule has 72 valence electrons. The Kier molecular flexibility index (Phi) is 3.18.